The van der Waals surface area contributed by atoms with E-state index in [1.165, 1.54) is 0 Å². The summed E-state index contributed by atoms with van der Waals surface area (Å²) in [5.74, 6) is -1.65. The smallest absolute Gasteiger partial charge is 0.491 e. The summed E-state index contributed by atoms with van der Waals surface area (Å²) in [6, 6.07) is 23.6. The van der Waals surface area contributed by atoms with E-state index in [-0.39, 0.29) is 0 Å². The highest BCUT2D eigenvalue weighted by molar-refractivity contribution is 8.30. The molecule has 0 aliphatic rings. The van der Waals surface area contributed by atoms with E-state index in [0.717, 1.165) is 0 Å². The monoisotopic (exact) mass is 420 g/mol. The zero-order valence-corrected chi connectivity index (χ0v) is 16.4. The molecule has 29 heavy (non-hydrogen) atoms. The Kier molecular flexibility index (Phi) is 6.17. The van der Waals surface area contributed by atoms with Crippen LogP contribution in [-0.2, 0) is 8.98 Å². The molecule has 0 saturated carbocycles. The van der Waals surface area contributed by atoms with Crippen molar-refractivity contribution in [3.8, 4) is 5.75 Å². The fraction of sp³-hybridized carbons (Fsp3) is 0.136. The molecule has 0 heterocycles. The van der Waals surface area contributed by atoms with E-state index in [1.54, 1.807) is 84.9 Å². The normalized spacial score (nSPS) is 12.3. The number of hydrogen-bond acceptors (Lipinski definition) is 3. The average molecular weight is 420 g/mol. The van der Waals surface area contributed by atoms with E-state index in [4.69, 9.17) is 8.92 Å². The maximum Gasteiger partial charge on any atom is 0.491 e. The summed E-state index contributed by atoms with van der Waals surface area (Å²) in [4.78, 5) is 13.4. The van der Waals surface area contributed by atoms with Gasteiger partial charge in [0, 0.05) is 14.7 Å². The predicted octanol–water partition coefficient (Wildman–Crippen LogP) is 6.39. The van der Waals surface area contributed by atoms with Gasteiger partial charge < -0.3 is 8.92 Å². The van der Waals surface area contributed by atoms with Crippen LogP contribution in [0.25, 0.3) is 0 Å². The molecule has 0 aromatic heterocycles. The summed E-state index contributed by atoms with van der Waals surface area (Å²) in [7, 11) is -2.97. The van der Waals surface area contributed by atoms with Crippen LogP contribution in [0.5, 0.6) is 5.75 Å². The Hall–Kier alpha value is -2.93. The standard InChI is InChI=1S/C22H19F3O3S/c1-2-27-17-13-15-20(16-14-17)29(18-9-5-3-6-10-18,19-11-7-4-8-12-19)28-21(26)22(23,24)25/h3-16H,2H2,1H3. The molecule has 0 saturated heterocycles. The van der Waals surface area contributed by atoms with Crippen molar-refractivity contribution < 1.29 is 26.9 Å². The minimum Gasteiger partial charge on any atom is -0.494 e. The van der Waals surface area contributed by atoms with E-state index in [1.807, 2.05) is 6.92 Å². The van der Waals surface area contributed by atoms with Crippen molar-refractivity contribution in [1.29, 1.82) is 0 Å². The van der Waals surface area contributed by atoms with Gasteiger partial charge >= 0.3 is 12.1 Å². The first kappa shape index (κ1) is 20.8. The molecule has 0 amide bonds. The summed E-state index contributed by atoms with van der Waals surface area (Å²) < 4.78 is 50.4. The third kappa shape index (κ3) is 4.40. The highest BCUT2D eigenvalue weighted by Gasteiger charge is 2.47. The summed E-state index contributed by atoms with van der Waals surface area (Å²) >= 11 is 0. The summed E-state index contributed by atoms with van der Waals surface area (Å²) in [5, 5.41) is 0. The van der Waals surface area contributed by atoms with Crippen LogP contribution in [0.4, 0.5) is 13.2 Å². The number of halogens is 3. The van der Waals surface area contributed by atoms with Crippen molar-refractivity contribution in [2.24, 2.45) is 0 Å². The minimum absolute atomic E-state index is 0.455. The number of hydrogen-bond donors (Lipinski definition) is 0. The zero-order chi connectivity index (χ0) is 20.9. The molecule has 3 aromatic carbocycles. The second kappa shape index (κ2) is 8.61. The number of benzene rings is 3. The molecule has 0 radical (unpaired) electrons. The van der Waals surface area contributed by atoms with E-state index in [0.29, 0.717) is 27.0 Å². The molecule has 7 heteroatoms. The largest absolute Gasteiger partial charge is 0.494 e. The van der Waals surface area contributed by atoms with E-state index in [2.05, 4.69) is 0 Å². The molecular weight excluding hydrogens is 401 g/mol. The van der Waals surface area contributed by atoms with Crippen molar-refractivity contribution in [2.45, 2.75) is 27.8 Å². The molecule has 0 N–H and O–H groups in total. The molecule has 0 spiro atoms. The third-order valence-electron chi connectivity index (χ3n) is 4.05. The molecule has 0 aliphatic carbocycles. The maximum absolute atomic E-state index is 13.2. The second-order valence-corrected chi connectivity index (χ2v) is 8.65. The number of ether oxygens (including phenoxy) is 1. The second-order valence-electron chi connectivity index (χ2n) is 5.96. The minimum atomic E-state index is -5.12. The Labute approximate surface area is 168 Å². The SMILES string of the molecule is CCOc1ccc(S(OC(=O)C(F)(F)F)(c2ccccc2)c2ccccc2)cc1. The van der Waals surface area contributed by atoms with Crippen molar-refractivity contribution >= 4 is 16.3 Å². The number of carbonyl (C=O) groups is 1. The van der Waals surface area contributed by atoms with Crippen LogP contribution in [0.2, 0.25) is 0 Å². The van der Waals surface area contributed by atoms with Crippen LogP contribution in [0.1, 0.15) is 6.92 Å². The topological polar surface area (TPSA) is 35.5 Å². The van der Waals surface area contributed by atoms with Crippen LogP contribution < -0.4 is 4.74 Å². The number of alkyl halides is 3. The molecule has 0 fully saturated rings. The lowest BCUT2D eigenvalue weighted by Crippen LogP contribution is -2.27. The Balaban J connectivity index is 2.26. The van der Waals surface area contributed by atoms with E-state index in [9.17, 15) is 18.0 Å². The van der Waals surface area contributed by atoms with Gasteiger partial charge in [-0.3, -0.25) is 0 Å². The molecule has 152 valence electrons. The van der Waals surface area contributed by atoms with Crippen molar-refractivity contribution in [3.05, 3.63) is 84.9 Å². The quantitative estimate of drug-likeness (QED) is 0.464. The van der Waals surface area contributed by atoms with Gasteiger partial charge in [-0.05, 0) is 65.8 Å². The van der Waals surface area contributed by atoms with E-state index < -0.39 is 22.5 Å². The van der Waals surface area contributed by atoms with Crippen LogP contribution >= 0.6 is 10.3 Å². The highest BCUT2D eigenvalue weighted by Crippen LogP contribution is 2.69. The molecule has 0 aliphatic heterocycles. The molecule has 0 unspecified atom stereocenters. The predicted molar refractivity (Wildman–Crippen MR) is 105 cm³/mol. The Morgan fingerprint density at radius 1 is 0.793 bits per heavy atom. The van der Waals surface area contributed by atoms with Gasteiger partial charge in [0.15, 0.2) is 0 Å². The molecule has 0 bridgehead atoms. The van der Waals surface area contributed by atoms with Crippen LogP contribution in [0, 0.1) is 0 Å². The van der Waals surface area contributed by atoms with Gasteiger partial charge in [0.2, 0.25) is 0 Å². The van der Waals surface area contributed by atoms with E-state index >= 15 is 0 Å². The van der Waals surface area contributed by atoms with Gasteiger partial charge in [0.1, 0.15) is 5.75 Å². The van der Waals surface area contributed by atoms with Crippen LogP contribution in [-0.4, -0.2) is 18.8 Å². The summed E-state index contributed by atoms with van der Waals surface area (Å²) in [6.45, 7) is 2.29. The fourth-order valence-corrected chi connectivity index (χ4v) is 5.86. The summed E-state index contributed by atoms with van der Waals surface area (Å²) in [5.41, 5.74) is 0. The number of carbonyl (C=O) groups excluding carboxylic acids is 1. The Morgan fingerprint density at radius 2 is 1.24 bits per heavy atom. The maximum atomic E-state index is 13.2. The Morgan fingerprint density at radius 3 is 1.66 bits per heavy atom. The Bertz CT molecular complexity index is 903. The molecular formula is C22H19F3O3S. The molecule has 3 aromatic rings. The average Bonchev–Trinajstić information content (AvgIpc) is 2.73. The highest BCUT2D eigenvalue weighted by atomic mass is 32.3. The lowest BCUT2D eigenvalue weighted by molar-refractivity contribution is -0.188. The number of rotatable bonds is 6. The van der Waals surface area contributed by atoms with Crippen molar-refractivity contribution in [3.63, 3.8) is 0 Å². The first-order valence-electron chi connectivity index (χ1n) is 8.85. The lowest BCUT2D eigenvalue weighted by Gasteiger charge is -2.39. The lowest BCUT2D eigenvalue weighted by atomic mass is 10.3. The van der Waals surface area contributed by atoms with Gasteiger partial charge in [0.25, 0.3) is 0 Å². The van der Waals surface area contributed by atoms with Gasteiger partial charge in [-0.1, -0.05) is 36.4 Å². The molecule has 0 atom stereocenters. The van der Waals surface area contributed by atoms with Gasteiger partial charge in [-0.2, -0.15) is 13.2 Å². The van der Waals surface area contributed by atoms with Crippen LogP contribution in [0.3, 0.4) is 0 Å². The third-order valence-corrected chi connectivity index (χ3v) is 7.26. The van der Waals surface area contributed by atoms with Crippen LogP contribution in [0.15, 0.2) is 99.6 Å². The fourth-order valence-electron chi connectivity index (χ4n) is 2.83. The first-order chi connectivity index (χ1) is 13.9. The first-order valence-corrected chi connectivity index (χ1v) is 10.4. The van der Waals surface area contributed by atoms with Gasteiger partial charge in [-0.15, -0.1) is 0 Å². The van der Waals surface area contributed by atoms with Crippen molar-refractivity contribution in [1.82, 2.24) is 0 Å². The molecule has 3 nitrogen and oxygen atoms in total. The van der Waals surface area contributed by atoms with Gasteiger partial charge in [-0.25, -0.2) is 4.79 Å². The van der Waals surface area contributed by atoms with Crippen molar-refractivity contribution in [2.75, 3.05) is 6.61 Å². The van der Waals surface area contributed by atoms with Gasteiger partial charge in [0.05, 0.1) is 6.61 Å². The summed E-state index contributed by atoms with van der Waals surface area (Å²) in [6.07, 6.45) is -5.12. The molecule has 3 rings (SSSR count). The zero-order valence-electron chi connectivity index (χ0n) is 15.6.